The summed E-state index contributed by atoms with van der Waals surface area (Å²) in [5, 5.41) is 3.33. The third-order valence-electron chi connectivity index (χ3n) is 5.17. The molecular weight excluding hydrogens is 316 g/mol. The molecule has 0 bridgehead atoms. The van der Waals surface area contributed by atoms with Crippen molar-refractivity contribution in [1.29, 1.82) is 0 Å². The van der Waals surface area contributed by atoms with Gasteiger partial charge in [0.15, 0.2) is 0 Å². The van der Waals surface area contributed by atoms with Crippen molar-refractivity contribution in [1.82, 2.24) is 0 Å². The van der Waals surface area contributed by atoms with Crippen LogP contribution < -0.4 is 5.19 Å². The van der Waals surface area contributed by atoms with Crippen molar-refractivity contribution in [3.8, 4) is 0 Å². The molecule has 130 valence electrons. The first-order valence-corrected chi connectivity index (χ1v) is 11.1. The molecule has 25 heavy (non-hydrogen) atoms. The van der Waals surface area contributed by atoms with Crippen molar-refractivity contribution in [3.63, 3.8) is 0 Å². The number of allylic oxidation sites excluding steroid dienone is 4. The molecule has 0 aromatic heterocycles. The number of benzene rings is 2. The average Bonchev–Trinajstić information content (AvgIpc) is 2.98. The first kappa shape index (κ1) is 17.9. The monoisotopic (exact) mass is 346 g/mol. The Morgan fingerprint density at radius 1 is 0.920 bits per heavy atom. The summed E-state index contributed by atoms with van der Waals surface area (Å²) in [6, 6.07) is 18.1. The van der Waals surface area contributed by atoms with Crippen molar-refractivity contribution < 1.29 is 0 Å². The van der Waals surface area contributed by atoms with Gasteiger partial charge in [-0.05, 0) is 37.3 Å². The number of unbranched alkanes of at least 4 members (excludes halogenated alkanes) is 2. The summed E-state index contributed by atoms with van der Waals surface area (Å²) in [6.45, 7) is 6.74. The number of rotatable bonds is 7. The first-order chi connectivity index (χ1) is 12.2. The van der Waals surface area contributed by atoms with E-state index < -0.39 is 9.52 Å². The zero-order valence-electron chi connectivity index (χ0n) is 15.9. The highest BCUT2D eigenvalue weighted by atomic mass is 28.2. The van der Waals surface area contributed by atoms with Gasteiger partial charge in [0.05, 0.1) is 9.52 Å². The summed E-state index contributed by atoms with van der Waals surface area (Å²) in [5.74, 6) is 0.661. The van der Waals surface area contributed by atoms with Gasteiger partial charge in [-0.2, -0.15) is 0 Å². The van der Waals surface area contributed by atoms with Crippen LogP contribution in [0.25, 0.3) is 5.57 Å². The topological polar surface area (TPSA) is 0 Å². The summed E-state index contributed by atoms with van der Waals surface area (Å²) in [5.41, 5.74) is 5.70. The maximum atomic E-state index is 2.48. The lowest BCUT2D eigenvalue weighted by molar-refractivity contribution is 0.609. The van der Waals surface area contributed by atoms with Crippen LogP contribution in [0.2, 0.25) is 0 Å². The molecule has 0 amide bonds. The molecule has 0 heterocycles. The van der Waals surface area contributed by atoms with Crippen molar-refractivity contribution in [2.45, 2.75) is 46.5 Å². The van der Waals surface area contributed by atoms with Gasteiger partial charge in [0.2, 0.25) is 0 Å². The Labute approximate surface area is 155 Å². The number of aryl methyl sites for hydroxylation is 2. The van der Waals surface area contributed by atoms with Crippen LogP contribution in [0.4, 0.5) is 0 Å². The second-order valence-electron chi connectivity index (χ2n) is 7.44. The molecule has 1 heteroatoms. The number of hydrogen-bond acceptors (Lipinski definition) is 0. The summed E-state index contributed by atoms with van der Waals surface area (Å²) in [7, 11) is -0.434. The van der Waals surface area contributed by atoms with Crippen LogP contribution in [0.15, 0.2) is 65.9 Å². The highest BCUT2D eigenvalue weighted by molar-refractivity contribution is 6.62. The molecule has 2 aromatic carbocycles. The SMILES string of the molecule is CCCCCC1C=CC(c2ccccc2)=C1[SiH2]c1cc(C)cc(C)c1. The van der Waals surface area contributed by atoms with Gasteiger partial charge in [-0.25, -0.2) is 0 Å². The molecule has 0 saturated carbocycles. The Bertz CT molecular complexity index is 748. The number of hydrogen-bond donors (Lipinski definition) is 0. The Morgan fingerprint density at radius 3 is 2.32 bits per heavy atom. The predicted octanol–water partition coefficient (Wildman–Crippen LogP) is 5.28. The molecular formula is C24H30Si. The predicted molar refractivity (Wildman–Crippen MR) is 114 cm³/mol. The Morgan fingerprint density at radius 2 is 1.64 bits per heavy atom. The second-order valence-corrected chi connectivity index (χ2v) is 9.37. The van der Waals surface area contributed by atoms with Crippen LogP contribution in [0.1, 0.15) is 49.3 Å². The first-order valence-electron chi connectivity index (χ1n) is 9.71. The quantitative estimate of drug-likeness (QED) is 0.473. The molecule has 3 rings (SSSR count). The zero-order valence-corrected chi connectivity index (χ0v) is 17.3. The van der Waals surface area contributed by atoms with Gasteiger partial charge in [-0.1, -0.05) is 108 Å². The summed E-state index contributed by atoms with van der Waals surface area (Å²) < 4.78 is 0. The fraction of sp³-hybridized carbons (Fsp3) is 0.333. The van der Waals surface area contributed by atoms with E-state index in [2.05, 4.69) is 81.5 Å². The molecule has 0 nitrogen and oxygen atoms in total. The Balaban J connectivity index is 1.92. The van der Waals surface area contributed by atoms with Gasteiger partial charge in [-0.15, -0.1) is 0 Å². The standard InChI is InChI=1S/C24H30Si/c1-4-5-7-12-21-13-14-23(20-10-8-6-9-11-20)24(21)25-22-16-18(2)15-19(3)17-22/h6,8-11,13-17,21H,4-5,7,12,25H2,1-3H3. The van der Waals surface area contributed by atoms with E-state index in [0.717, 1.165) is 0 Å². The molecule has 1 aliphatic rings. The fourth-order valence-electron chi connectivity index (χ4n) is 4.04. The summed E-state index contributed by atoms with van der Waals surface area (Å²) in [6.07, 6.45) is 10.2. The molecule has 0 radical (unpaired) electrons. The largest absolute Gasteiger partial charge is 0.0840 e. The van der Waals surface area contributed by atoms with Gasteiger partial charge < -0.3 is 0 Å². The van der Waals surface area contributed by atoms with Crippen LogP contribution in [0.5, 0.6) is 0 Å². The highest BCUT2D eigenvalue weighted by Crippen LogP contribution is 2.34. The van der Waals surface area contributed by atoms with Crippen LogP contribution in [0, 0.1) is 19.8 Å². The molecule has 1 unspecified atom stereocenters. The minimum absolute atomic E-state index is 0.434. The molecule has 0 fully saturated rings. The smallest absolute Gasteiger partial charge is 0.0771 e. The molecule has 1 aliphatic carbocycles. The van der Waals surface area contributed by atoms with Gasteiger partial charge in [0.25, 0.3) is 0 Å². The Hall–Kier alpha value is -1.86. The van der Waals surface area contributed by atoms with E-state index in [1.807, 2.05) is 0 Å². The molecule has 0 spiro atoms. The maximum Gasteiger partial charge on any atom is 0.0840 e. The highest BCUT2D eigenvalue weighted by Gasteiger charge is 2.21. The lowest BCUT2D eigenvalue weighted by Gasteiger charge is -2.17. The lowest BCUT2D eigenvalue weighted by Crippen LogP contribution is -2.21. The lowest BCUT2D eigenvalue weighted by atomic mass is 10.0. The van der Waals surface area contributed by atoms with Crippen molar-refractivity contribution in [2.24, 2.45) is 5.92 Å². The van der Waals surface area contributed by atoms with Crippen LogP contribution in [-0.4, -0.2) is 9.52 Å². The van der Waals surface area contributed by atoms with Crippen molar-refractivity contribution in [3.05, 3.63) is 82.6 Å². The van der Waals surface area contributed by atoms with Crippen molar-refractivity contribution in [2.75, 3.05) is 0 Å². The van der Waals surface area contributed by atoms with Crippen LogP contribution in [0.3, 0.4) is 0 Å². The minimum atomic E-state index is -0.434. The molecule has 1 atom stereocenters. The molecule has 2 aromatic rings. The van der Waals surface area contributed by atoms with E-state index in [1.165, 1.54) is 47.9 Å². The van der Waals surface area contributed by atoms with Crippen LogP contribution in [-0.2, 0) is 0 Å². The zero-order chi connectivity index (χ0) is 17.6. The van der Waals surface area contributed by atoms with Gasteiger partial charge in [0, 0.05) is 0 Å². The minimum Gasteiger partial charge on any atom is -0.0771 e. The third kappa shape index (κ3) is 4.61. The van der Waals surface area contributed by atoms with Gasteiger partial charge in [0.1, 0.15) is 0 Å². The summed E-state index contributed by atoms with van der Waals surface area (Å²) >= 11 is 0. The van der Waals surface area contributed by atoms with Crippen molar-refractivity contribution >= 4 is 20.3 Å². The third-order valence-corrected chi connectivity index (χ3v) is 7.27. The fourth-order valence-corrected chi connectivity index (χ4v) is 6.44. The van der Waals surface area contributed by atoms with E-state index in [0.29, 0.717) is 5.92 Å². The normalized spacial score (nSPS) is 17.2. The maximum absolute atomic E-state index is 2.48. The molecule has 0 N–H and O–H groups in total. The van der Waals surface area contributed by atoms with Gasteiger partial charge in [-0.3, -0.25) is 0 Å². The average molecular weight is 347 g/mol. The van der Waals surface area contributed by atoms with Gasteiger partial charge >= 0.3 is 0 Å². The Kier molecular flexibility index (Phi) is 6.09. The van der Waals surface area contributed by atoms with E-state index in [4.69, 9.17) is 0 Å². The summed E-state index contributed by atoms with van der Waals surface area (Å²) in [4.78, 5) is 0. The van der Waals surface area contributed by atoms with E-state index in [1.54, 1.807) is 10.4 Å². The second kappa shape index (κ2) is 8.49. The molecule has 0 aliphatic heterocycles. The van der Waals surface area contributed by atoms with E-state index >= 15 is 0 Å². The van der Waals surface area contributed by atoms with E-state index in [9.17, 15) is 0 Å². The van der Waals surface area contributed by atoms with E-state index in [-0.39, 0.29) is 0 Å². The molecule has 0 saturated heterocycles. The van der Waals surface area contributed by atoms with Crippen LogP contribution >= 0.6 is 0 Å².